The second-order valence-electron chi connectivity index (χ2n) is 8.08. The summed E-state index contributed by atoms with van der Waals surface area (Å²) >= 11 is 0. The minimum absolute atomic E-state index is 0.163. The van der Waals surface area contributed by atoms with Gasteiger partial charge in [0.05, 0.1) is 12.1 Å². The molecule has 5 N–H and O–H groups in total. The third-order valence-corrected chi connectivity index (χ3v) is 5.64. The zero-order valence-electron chi connectivity index (χ0n) is 18.7. The molecule has 0 aliphatic carbocycles. The highest BCUT2D eigenvalue weighted by molar-refractivity contribution is 5.86. The number of nitrogens with two attached hydrogens (primary N) is 1. The Balaban J connectivity index is 1.35. The Morgan fingerprint density at radius 2 is 1.59 bits per heavy atom. The maximum absolute atomic E-state index is 12.7. The van der Waals surface area contributed by atoms with E-state index in [2.05, 4.69) is 15.6 Å². The number of fused-ring (bicyclic) bond motifs is 1. The van der Waals surface area contributed by atoms with Gasteiger partial charge in [-0.3, -0.25) is 4.79 Å². The summed E-state index contributed by atoms with van der Waals surface area (Å²) in [6.45, 7) is 0.348. The molecule has 1 aromatic heterocycles. The molecule has 0 radical (unpaired) electrons. The number of para-hydroxylation sites is 1. The first-order chi connectivity index (χ1) is 16.6. The van der Waals surface area contributed by atoms with E-state index in [-0.39, 0.29) is 19.1 Å². The van der Waals surface area contributed by atoms with Crippen LogP contribution in [-0.4, -0.2) is 29.6 Å². The van der Waals surface area contributed by atoms with Gasteiger partial charge in [-0.2, -0.15) is 0 Å². The third-order valence-electron chi connectivity index (χ3n) is 5.64. The zero-order chi connectivity index (χ0) is 23.8. The van der Waals surface area contributed by atoms with Gasteiger partial charge in [0.25, 0.3) is 0 Å². The van der Waals surface area contributed by atoms with Crippen molar-refractivity contribution in [3.63, 3.8) is 0 Å². The van der Waals surface area contributed by atoms with Crippen molar-refractivity contribution in [3.05, 3.63) is 108 Å². The number of carbonyl (C=O) groups is 2. The molecule has 2 amide bonds. The number of aromatic amines is 1. The van der Waals surface area contributed by atoms with E-state index in [0.29, 0.717) is 6.42 Å². The Morgan fingerprint density at radius 3 is 2.35 bits per heavy atom. The summed E-state index contributed by atoms with van der Waals surface area (Å²) < 4.78 is 5.35. The summed E-state index contributed by atoms with van der Waals surface area (Å²) in [5.41, 5.74) is 9.94. The number of rotatable bonds is 9. The minimum atomic E-state index is -0.722. The van der Waals surface area contributed by atoms with Crippen LogP contribution in [0.5, 0.6) is 0 Å². The maximum atomic E-state index is 12.7. The normalized spacial score (nSPS) is 12.6. The van der Waals surface area contributed by atoms with Crippen molar-refractivity contribution in [2.75, 3.05) is 6.54 Å². The van der Waals surface area contributed by atoms with E-state index in [4.69, 9.17) is 10.5 Å². The molecule has 0 saturated heterocycles. The average molecular weight is 457 g/mol. The van der Waals surface area contributed by atoms with Gasteiger partial charge in [0.2, 0.25) is 5.91 Å². The Hall–Kier alpha value is -4.10. The van der Waals surface area contributed by atoms with Crippen LogP contribution in [0.4, 0.5) is 4.79 Å². The number of aromatic nitrogens is 1. The number of ether oxygens (including phenoxy) is 1. The van der Waals surface area contributed by atoms with Crippen LogP contribution in [0.1, 0.15) is 22.7 Å². The smallest absolute Gasteiger partial charge is 0.408 e. The predicted molar refractivity (Wildman–Crippen MR) is 132 cm³/mol. The summed E-state index contributed by atoms with van der Waals surface area (Å²) in [5.74, 6) is -0.286. The molecule has 0 spiro atoms. The Bertz CT molecular complexity index is 1220. The topological polar surface area (TPSA) is 109 Å². The molecule has 0 bridgehead atoms. The number of amides is 2. The van der Waals surface area contributed by atoms with E-state index in [1.807, 2.05) is 91.1 Å². The van der Waals surface area contributed by atoms with E-state index in [1.54, 1.807) is 0 Å². The van der Waals surface area contributed by atoms with Crippen molar-refractivity contribution in [3.8, 4) is 0 Å². The second-order valence-corrected chi connectivity index (χ2v) is 8.08. The maximum Gasteiger partial charge on any atom is 0.408 e. The lowest BCUT2D eigenvalue weighted by atomic mass is 10.0. The first kappa shape index (κ1) is 23.1. The average Bonchev–Trinajstić information content (AvgIpc) is 3.29. The van der Waals surface area contributed by atoms with Gasteiger partial charge < -0.3 is 26.1 Å². The lowest BCUT2D eigenvalue weighted by molar-refractivity contribution is -0.122. The molecule has 0 fully saturated rings. The Labute approximate surface area is 198 Å². The lowest BCUT2D eigenvalue weighted by Gasteiger charge is -2.21. The zero-order valence-corrected chi connectivity index (χ0v) is 18.7. The monoisotopic (exact) mass is 456 g/mol. The molecule has 7 nitrogen and oxygen atoms in total. The van der Waals surface area contributed by atoms with Crippen LogP contribution < -0.4 is 16.4 Å². The largest absolute Gasteiger partial charge is 0.445 e. The molecule has 3 aromatic carbocycles. The van der Waals surface area contributed by atoms with Crippen molar-refractivity contribution < 1.29 is 14.3 Å². The van der Waals surface area contributed by atoms with Crippen molar-refractivity contribution in [2.24, 2.45) is 5.73 Å². The number of benzene rings is 3. The van der Waals surface area contributed by atoms with Gasteiger partial charge in [0, 0.05) is 23.6 Å². The van der Waals surface area contributed by atoms with Gasteiger partial charge in [0.15, 0.2) is 0 Å². The number of alkyl carbamates (subject to hydrolysis) is 1. The first-order valence-electron chi connectivity index (χ1n) is 11.2. The van der Waals surface area contributed by atoms with E-state index >= 15 is 0 Å². The lowest BCUT2D eigenvalue weighted by Crippen LogP contribution is -2.45. The Kier molecular flexibility index (Phi) is 7.57. The fourth-order valence-electron chi connectivity index (χ4n) is 3.81. The third kappa shape index (κ3) is 6.02. The van der Waals surface area contributed by atoms with Gasteiger partial charge in [-0.25, -0.2) is 4.79 Å². The molecule has 7 heteroatoms. The summed E-state index contributed by atoms with van der Waals surface area (Å²) in [6, 6.07) is 25.6. The molecule has 0 unspecified atom stereocenters. The SMILES string of the molecule is N[C@H](Cc1c[nH]c2ccccc12)C(=O)NC[C@H](NC(=O)OCc1ccccc1)c1ccccc1. The van der Waals surface area contributed by atoms with Gasteiger partial charge in [-0.05, 0) is 29.2 Å². The number of nitrogens with one attached hydrogen (secondary N) is 3. The number of carbonyl (C=O) groups excluding carboxylic acids is 2. The van der Waals surface area contributed by atoms with E-state index in [1.165, 1.54) is 0 Å². The van der Waals surface area contributed by atoms with Crippen LogP contribution in [0, 0.1) is 0 Å². The van der Waals surface area contributed by atoms with Gasteiger partial charge >= 0.3 is 6.09 Å². The highest BCUT2D eigenvalue weighted by atomic mass is 16.5. The Morgan fingerprint density at radius 1 is 0.912 bits per heavy atom. The standard InChI is InChI=1S/C27H28N4O3/c28-23(15-21-16-29-24-14-8-7-13-22(21)24)26(32)30-17-25(20-11-5-2-6-12-20)31-27(33)34-18-19-9-3-1-4-10-19/h1-14,16,23,25,29H,15,17-18,28H2,(H,30,32)(H,31,33)/t23-,25+/m1/s1. The van der Waals surface area contributed by atoms with Crippen LogP contribution in [-0.2, 0) is 22.6 Å². The van der Waals surface area contributed by atoms with Crippen LogP contribution in [0.25, 0.3) is 10.9 Å². The van der Waals surface area contributed by atoms with Crippen molar-refractivity contribution in [2.45, 2.75) is 25.1 Å². The van der Waals surface area contributed by atoms with Crippen LogP contribution in [0.3, 0.4) is 0 Å². The molecule has 174 valence electrons. The number of hydrogen-bond acceptors (Lipinski definition) is 4. The van der Waals surface area contributed by atoms with Gasteiger partial charge in [-0.15, -0.1) is 0 Å². The highest BCUT2D eigenvalue weighted by Crippen LogP contribution is 2.19. The summed E-state index contributed by atoms with van der Waals surface area (Å²) in [6.07, 6.45) is 1.72. The van der Waals surface area contributed by atoms with Crippen LogP contribution >= 0.6 is 0 Å². The summed E-state index contributed by atoms with van der Waals surface area (Å²) in [5, 5.41) is 6.77. The van der Waals surface area contributed by atoms with Crippen molar-refractivity contribution in [1.29, 1.82) is 0 Å². The molecule has 0 aliphatic heterocycles. The molecule has 4 rings (SSSR count). The minimum Gasteiger partial charge on any atom is -0.445 e. The van der Waals surface area contributed by atoms with E-state index in [0.717, 1.165) is 27.6 Å². The fraction of sp³-hybridized carbons (Fsp3) is 0.185. The van der Waals surface area contributed by atoms with E-state index < -0.39 is 18.2 Å². The predicted octanol–water partition coefficient (Wildman–Crippen LogP) is 3.82. The molecule has 34 heavy (non-hydrogen) atoms. The van der Waals surface area contributed by atoms with Crippen LogP contribution in [0.15, 0.2) is 91.1 Å². The highest BCUT2D eigenvalue weighted by Gasteiger charge is 2.20. The van der Waals surface area contributed by atoms with Gasteiger partial charge in [-0.1, -0.05) is 78.9 Å². The van der Waals surface area contributed by atoms with Crippen LogP contribution in [0.2, 0.25) is 0 Å². The quantitative estimate of drug-likeness (QED) is 0.307. The molecule has 1 heterocycles. The van der Waals surface area contributed by atoms with E-state index in [9.17, 15) is 9.59 Å². The van der Waals surface area contributed by atoms with Crippen molar-refractivity contribution >= 4 is 22.9 Å². The second kappa shape index (κ2) is 11.2. The molecule has 2 atom stereocenters. The molecular formula is C27H28N4O3. The molecule has 0 saturated carbocycles. The first-order valence-corrected chi connectivity index (χ1v) is 11.2. The molecule has 4 aromatic rings. The van der Waals surface area contributed by atoms with Crippen molar-refractivity contribution in [1.82, 2.24) is 15.6 Å². The fourth-order valence-corrected chi connectivity index (χ4v) is 3.81. The summed E-state index contributed by atoms with van der Waals surface area (Å²) in [4.78, 5) is 28.4. The summed E-state index contributed by atoms with van der Waals surface area (Å²) in [7, 11) is 0. The molecular weight excluding hydrogens is 428 g/mol. The molecule has 0 aliphatic rings. The van der Waals surface area contributed by atoms with Gasteiger partial charge in [0.1, 0.15) is 6.61 Å². The number of hydrogen-bond donors (Lipinski definition) is 4. The number of H-pyrrole nitrogens is 1.